The summed E-state index contributed by atoms with van der Waals surface area (Å²) in [4.78, 5) is 22.8. The lowest BCUT2D eigenvalue weighted by Gasteiger charge is -2.34. The Bertz CT molecular complexity index is 483. The van der Waals surface area contributed by atoms with Gasteiger partial charge in [0.1, 0.15) is 0 Å². The molecule has 0 aliphatic carbocycles. The molecule has 0 bridgehead atoms. The number of piperidine rings is 1. The smallest absolute Gasteiger partial charge is 0.257 e. The van der Waals surface area contributed by atoms with Crippen LogP contribution >= 0.6 is 0 Å². The molecule has 0 aromatic carbocycles. The lowest BCUT2D eigenvalue weighted by atomic mass is 9.98. The largest absolute Gasteiger partial charge is 0.478 e. The molecule has 0 unspecified atom stereocenters. The minimum atomic E-state index is 0.171. The van der Waals surface area contributed by atoms with Crippen LogP contribution in [0.5, 0.6) is 5.88 Å². The zero-order valence-corrected chi connectivity index (χ0v) is 13.7. The molecule has 2 rings (SSSR count). The number of methoxy groups -OCH3 is 1. The molecule has 1 amide bonds. The van der Waals surface area contributed by atoms with Gasteiger partial charge in [0.2, 0.25) is 5.91 Å². The van der Waals surface area contributed by atoms with E-state index in [4.69, 9.17) is 4.74 Å². The molecule has 1 aliphatic rings. The first kappa shape index (κ1) is 16.5. The van der Waals surface area contributed by atoms with Crippen LogP contribution in [0.25, 0.3) is 0 Å². The van der Waals surface area contributed by atoms with Gasteiger partial charge in [0.25, 0.3) is 5.88 Å². The number of hydrogen-bond donors (Lipinski definition) is 1. The van der Waals surface area contributed by atoms with Gasteiger partial charge in [0, 0.05) is 37.4 Å². The number of hydrogen-bond acceptors (Lipinski definition) is 5. The zero-order chi connectivity index (χ0) is 15.9. The van der Waals surface area contributed by atoms with Crippen molar-refractivity contribution < 1.29 is 9.53 Å². The van der Waals surface area contributed by atoms with E-state index in [9.17, 15) is 4.79 Å². The summed E-state index contributed by atoms with van der Waals surface area (Å²) in [6.45, 7) is 5.77. The van der Waals surface area contributed by atoms with E-state index in [1.165, 1.54) is 0 Å². The number of nitrogens with one attached hydrogen (secondary N) is 1. The standard InChI is InChI=1S/C16H26N4O2/c1-4-12(5-2)16(21)20-10-6-13(7-11-20)19-14-15(22-3)18-9-8-17-14/h8-9,12-13H,4-7,10-11H2,1-3H3,(H,17,19). The van der Waals surface area contributed by atoms with Crippen molar-refractivity contribution in [1.29, 1.82) is 0 Å². The minimum Gasteiger partial charge on any atom is -0.478 e. The Morgan fingerprint density at radius 3 is 2.55 bits per heavy atom. The summed E-state index contributed by atoms with van der Waals surface area (Å²) in [5.41, 5.74) is 0. The number of ether oxygens (including phenoxy) is 1. The van der Waals surface area contributed by atoms with Crippen molar-refractivity contribution >= 4 is 11.7 Å². The van der Waals surface area contributed by atoms with Gasteiger partial charge < -0.3 is 15.0 Å². The van der Waals surface area contributed by atoms with Gasteiger partial charge in [-0.05, 0) is 25.7 Å². The number of aromatic nitrogens is 2. The van der Waals surface area contributed by atoms with E-state index in [1.54, 1.807) is 19.5 Å². The molecule has 1 aromatic heterocycles. The quantitative estimate of drug-likeness (QED) is 0.873. The van der Waals surface area contributed by atoms with Crippen LogP contribution in [0.3, 0.4) is 0 Å². The molecule has 1 N–H and O–H groups in total. The van der Waals surface area contributed by atoms with E-state index in [0.29, 0.717) is 23.6 Å². The Balaban J connectivity index is 1.88. The maximum atomic E-state index is 12.4. The fourth-order valence-electron chi connectivity index (χ4n) is 2.91. The van der Waals surface area contributed by atoms with Crippen LogP contribution in [0.2, 0.25) is 0 Å². The highest BCUT2D eigenvalue weighted by Gasteiger charge is 2.27. The maximum Gasteiger partial charge on any atom is 0.257 e. The van der Waals surface area contributed by atoms with Gasteiger partial charge >= 0.3 is 0 Å². The Kier molecular flexibility index (Phi) is 5.98. The van der Waals surface area contributed by atoms with E-state index in [2.05, 4.69) is 29.1 Å². The first-order chi connectivity index (χ1) is 10.7. The summed E-state index contributed by atoms with van der Waals surface area (Å²) in [6.07, 6.45) is 6.95. The molecule has 122 valence electrons. The van der Waals surface area contributed by atoms with Crippen LogP contribution in [-0.2, 0) is 4.79 Å². The van der Waals surface area contributed by atoms with Crippen molar-refractivity contribution in [3.05, 3.63) is 12.4 Å². The number of carbonyl (C=O) groups is 1. The van der Waals surface area contributed by atoms with Crippen molar-refractivity contribution in [3.8, 4) is 5.88 Å². The number of rotatable bonds is 6. The molecule has 0 spiro atoms. The predicted molar refractivity (Wildman–Crippen MR) is 85.9 cm³/mol. The second-order valence-electron chi connectivity index (χ2n) is 5.67. The van der Waals surface area contributed by atoms with Crippen molar-refractivity contribution in [1.82, 2.24) is 14.9 Å². The summed E-state index contributed by atoms with van der Waals surface area (Å²) in [5, 5.41) is 3.38. The number of carbonyl (C=O) groups excluding carboxylic acids is 1. The van der Waals surface area contributed by atoms with Crippen LogP contribution in [0.1, 0.15) is 39.5 Å². The lowest BCUT2D eigenvalue weighted by molar-refractivity contribution is -0.136. The van der Waals surface area contributed by atoms with E-state index in [1.807, 2.05) is 4.90 Å². The van der Waals surface area contributed by atoms with Crippen molar-refractivity contribution in [3.63, 3.8) is 0 Å². The second kappa shape index (κ2) is 7.96. The summed E-state index contributed by atoms with van der Waals surface area (Å²) in [5.74, 6) is 1.66. The lowest BCUT2D eigenvalue weighted by Crippen LogP contribution is -2.44. The SMILES string of the molecule is CCC(CC)C(=O)N1CCC(Nc2nccnc2OC)CC1. The van der Waals surface area contributed by atoms with Crippen LogP contribution < -0.4 is 10.1 Å². The molecule has 1 saturated heterocycles. The van der Waals surface area contributed by atoms with Crippen molar-refractivity contribution in [2.24, 2.45) is 5.92 Å². The topological polar surface area (TPSA) is 67.4 Å². The van der Waals surface area contributed by atoms with Gasteiger partial charge in [-0.1, -0.05) is 13.8 Å². The normalized spacial score (nSPS) is 15.9. The fourth-order valence-corrected chi connectivity index (χ4v) is 2.91. The van der Waals surface area contributed by atoms with Gasteiger partial charge in [0.15, 0.2) is 5.82 Å². The van der Waals surface area contributed by atoms with Gasteiger partial charge in [-0.2, -0.15) is 0 Å². The minimum absolute atomic E-state index is 0.171. The highest BCUT2D eigenvalue weighted by Crippen LogP contribution is 2.22. The summed E-state index contributed by atoms with van der Waals surface area (Å²) in [6, 6.07) is 0.302. The summed E-state index contributed by atoms with van der Waals surface area (Å²) in [7, 11) is 1.59. The molecule has 0 saturated carbocycles. The van der Waals surface area contributed by atoms with Crippen molar-refractivity contribution in [2.45, 2.75) is 45.6 Å². The molecule has 1 fully saturated rings. The average molecular weight is 306 g/mol. The van der Waals surface area contributed by atoms with Crippen LogP contribution in [0, 0.1) is 5.92 Å². The van der Waals surface area contributed by atoms with E-state index >= 15 is 0 Å². The Morgan fingerprint density at radius 2 is 1.95 bits per heavy atom. The molecule has 6 heteroatoms. The summed E-state index contributed by atoms with van der Waals surface area (Å²) < 4.78 is 5.21. The molecular formula is C16H26N4O2. The molecule has 1 aromatic rings. The number of anilines is 1. The van der Waals surface area contributed by atoms with Gasteiger partial charge in [0.05, 0.1) is 7.11 Å². The number of nitrogens with zero attached hydrogens (tertiary/aromatic N) is 3. The molecule has 22 heavy (non-hydrogen) atoms. The van der Waals surface area contributed by atoms with Crippen LogP contribution in [0.4, 0.5) is 5.82 Å². The highest BCUT2D eigenvalue weighted by atomic mass is 16.5. The third-order valence-corrected chi connectivity index (χ3v) is 4.34. The molecule has 1 aliphatic heterocycles. The highest BCUT2D eigenvalue weighted by molar-refractivity contribution is 5.78. The van der Waals surface area contributed by atoms with E-state index < -0.39 is 0 Å². The third-order valence-electron chi connectivity index (χ3n) is 4.34. The predicted octanol–water partition coefficient (Wildman–Crippen LogP) is 2.32. The molecule has 0 radical (unpaired) electrons. The fraction of sp³-hybridized carbons (Fsp3) is 0.688. The number of amides is 1. The zero-order valence-electron chi connectivity index (χ0n) is 13.7. The molecule has 6 nitrogen and oxygen atoms in total. The Labute approximate surface area is 132 Å². The number of likely N-dealkylation sites (tertiary alicyclic amines) is 1. The molecule has 2 heterocycles. The summed E-state index contributed by atoms with van der Waals surface area (Å²) >= 11 is 0. The Hall–Kier alpha value is -1.85. The van der Waals surface area contributed by atoms with Crippen molar-refractivity contribution in [2.75, 3.05) is 25.5 Å². The van der Waals surface area contributed by atoms with Crippen LogP contribution in [0.15, 0.2) is 12.4 Å². The van der Waals surface area contributed by atoms with E-state index in [-0.39, 0.29) is 5.92 Å². The monoisotopic (exact) mass is 306 g/mol. The van der Waals surface area contributed by atoms with Gasteiger partial charge in [-0.15, -0.1) is 0 Å². The first-order valence-corrected chi connectivity index (χ1v) is 8.09. The average Bonchev–Trinajstić information content (AvgIpc) is 2.57. The van der Waals surface area contributed by atoms with Gasteiger partial charge in [-0.3, -0.25) is 4.79 Å². The van der Waals surface area contributed by atoms with E-state index in [0.717, 1.165) is 38.8 Å². The maximum absolute atomic E-state index is 12.4. The molecular weight excluding hydrogens is 280 g/mol. The van der Waals surface area contributed by atoms with Gasteiger partial charge in [-0.25, -0.2) is 9.97 Å². The second-order valence-corrected chi connectivity index (χ2v) is 5.67. The Morgan fingerprint density at radius 1 is 1.32 bits per heavy atom. The third kappa shape index (κ3) is 3.87. The van der Waals surface area contributed by atoms with Crippen LogP contribution in [-0.4, -0.2) is 47.0 Å². The first-order valence-electron chi connectivity index (χ1n) is 8.09. The molecule has 0 atom stereocenters.